The number of carbonyl (C=O) groups is 1. The minimum atomic E-state index is -0.614. The lowest BCUT2D eigenvalue weighted by Crippen LogP contribution is -2.24. The van der Waals surface area contributed by atoms with Gasteiger partial charge in [-0.05, 0) is 49.2 Å². The van der Waals surface area contributed by atoms with Crippen LogP contribution < -0.4 is 10.2 Å². The number of amides is 1. The molecule has 136 valence electrons. The molecule has 2 rings (SSSR count). The number of ether oxygens (including phenoxy) is 1. The second kappa shape index (κ2) is 8.30. The fraction of sp³-hybridized carbons (Fsp3) is 0.176. The molecule has 0 bridgehead atoms. The van der Waals surface area contributed by atoms with Gasteiger partial charge < -0.3 is 9.84 Å². The molecule has 9 heteroatoms. The monoisotopic (exact) mass is 377 g/mol. The molecule has 0 saturated heterocycles. The molecular formula is C17H16ClN3O5. The van der Waals surface area contributed by atoms with Crippen LogP contribution in [0.3, 0.4) is 0 Å². The summed E-state index contributed by atoms with van der Waals surface area (Å²) in [7, 11) is 0. The average molecular weight is 378 g/mol. The molecule has 0 radical (unpaired) electrons. The van der Waals surface area contributed by atoms with Crippen LogP contribution in [0.2, 0.25) is 5.02 Å². The van der Waals surface area contributed by atoms with E-state index >= 15 is 0 Å². The van der Waals surface area contributed by atoms with Crippen LogP contribution in [0.15, 0.2) is 35.4 Å². The molecule has 0 aliphatic carbocycles. The topological polar surface area (TPSA) is 114 Å². The number of halogens is 1. The smallest absolute Gasteiger partial charge is 0.278 e. The van der Waals surface area contributed by atoms with Crippen molar-refractivity contribution in [2.75, 3.05) is 6.61 Å². The van der Waals surface area contributed by atoms with E-state index in [0.29, 0.717) is 10.8 Å². The first-order chi connectivity index (χ1) is 12.3. The Bertz CT molecular complexity index is 860. The number of hydrogen-bond donors (Lipinski definition) is 2. The van der Waals surface area contributed by atoms with Gasteiger partial charge in [-0.2, -0.15) is 5.10 Å². The Morgan fingerprint density at radius 2 is 2.00 bits per heavy atom. The van der Waals surface area contributed by atoms with Gasteiger partial charge in [-0.25, -0.2) is 5.43 Å². The summed E-state index contributed by atoms with van der Waals surface area (Å²) in [5.41, 5.74) is 3.67. The zero-order valence-corrected chi connectivity index (χ0v) is 14.8. The van der Waals surface area contributed by atoms with E-state index in [2.05, 4.69) is 10.5 Å². The second-order valence-electron chi connectivity index (χ2n) is 5.45. The number of hydrazone groups is 1. The number of phenols is 1. The number of carbonyl (C=O) groups excluding carboxylic acids is 1. The van der Waals surface area contributed by atoms with Crippen LogP contribution in [0.1, 0.15) is 16.7 Å². The molecule has 8 nitrogen and oxygen atoms in total. The number of nitro groups is 1. The van der Waals surface area contributed by atoms with E-state index in [9.17, 15) is 20.0 Å². The van der Waals surface area contributed by atoms with Gasteiger partial charge in [0.05, 0.1) is 16.7 Å². The van der Waals surface area contributed by atoms with Crippen molar-refractivity contribution in [2.45, 2.75) is 13.8 Å². The van der Waals surface area contributed by atoms with Crippen molar-refractivity contribution in [1.82, 2.24) is 5.43 Å². The predicted molar refractivity (Wildman–Crippen MR) is 96.9 cm³/mol. The Morgan fingerprint density at radius 1 is 1.35 bits per heavy atom. The fourth-order valence-electron chi connectivity index (χ4n) is 2.16. The first-order valence-corrected chi connectivity index (χ1v) is 7.84. The summed E-state index contributed by atoms with van der Waals surface area (Å²) in [6.07, 6.45) is 1.08. The van der Waals surface area contributed by atoms with Crippen LogP contribution in [-0.4, -0.2) is 28.8 Å². The van der Waals surface area contributed by atoms with E-state index in [0.717, 1.165) is 23.4 Å². The predicted octanol–water partition coefficient (Wildman–Crippen LogP) is 3.10. The second-order valence-corrected chi connectivity index (χ2v) is 5.83. The highest BCUT2D eigenvalue weighted by molar-refractivity contribution is 6.32. The Labute approximate surface area is 154 Å². The molecule has 0 heterocycles. The Hall–Kier alpha value is -3.13. The SMILES string of the molecule is Cc1cc(OCC(=O)N/N=C\c2cc(O)ccc2[N+](=O)[O-])cc(C)c1Cl. The zero-order valence-electron chi connectivity index (χ0n) is 14.0. The molecule has 0 aliphatic rings. The largest absolute Gasteiger partial charge is 0.508 e. The van der Waals surface area contributed by atoms with Crippen molar-refractivity contribution < 1.29 is 19.6 Å². The van der Waals surface area contributed by atoms with E-state index in [1.807, 2.05) is 13.8 Å². The third kappa shape index (κ3) is 4.93. The van der Waals surface area contributed by atoms with Crippen molar-refractivity contribution in [2.24, 2.45) is 5.10 Å². The number of nitrogens with zero attached hydrogens (tertiary/aromatic N) is 2. The summed E-state index contributed by atoms with van der Waals surface area (Å²) in [6, 6.07) is 6.93. The van der Waals surface area contributed by atoms with Crippen LogP contribution in [0, 0.1) is 24.0 Å². The maximum atomic E-state index is 11.8. The van der Waals surface area contributed by atoms with Gasteiger partial charge in [0, 0.05) is 11.1 Å². The first-order valence-electron chi connectivity index (χ1n) is 7.47. The van der Waals surface area contributed by atoms with Crippen LogP contribution in [0.25, 0.3) is 0 Å². The third-order valence-corrected chi connectivity index (χ3v) is 3.98. The van der Waals surface area contributed by atoms with Gasteiger partial charge >= 0.3 is 0 Å². The summed E-state index contributed by atoms with van der Waals surface area (Å²) >= 11 is 6.07. The van der Waals surface area contributed by atoms with Gasteiger partial charge in [0.2, 0.25) is 0 Å². The number of phenolic OH excluding ortho intramolecular Hbond substituents is 1. The van der Waals surface area contributed by atoms with E-state index < -0.39 is 10.8 Å². The van der Waals surface area contributed by atoms with Crippen molar-refractivity contribution >= 4 is 29.4 Å². The van der Waals surface area contributed by atoms with Crippen LogP contribution in [0.4, 0.5) is 5.69 Å². The molecule has 0 spiro atoms. The molecule has 0 aromatic heterocycles. The number of benzene rings is 2. The Morgan fingerprint density at radius 3 is 2.62 bits per heavy atom. The number of nitrogens with one attached hydrogen (secondary N) is 1. The number of nitro benzene ring substituents is 1. The number of aryl methyl sites for hydroxylation is 2. The molecule has 1 amide bonds. The maximum Gasteiger partial charge on any atom is 0.278 e. The van der Waals surface area contributed by atoms with Gasteiger partial charge in [-0.3, -0.25) is 14.9 Å². The highest BCUT2D eigenvalue weighted by Gasteiger charge is 2.12. The molecule has 0 saturated carbocycles. The van der Waals surface area contributed by atoms with E-state index in [-0.39, 0.29) is 23.6 Å². The Balaban J connectivity index is 1.96. The third-order valence-electron chi connectivity index (χ3n) is 3.38. The van der Waals surface area contributed by atoms with Gasteiger partial charge in [-0.15, -0.1) is 0 Å². The van der Waals surface area contributed by atoms with Gasteiger partial charge in [0.25, 0.3) is 11.6 Å². The molecule has 0 aliphatic heterocycles. The average Bonchev–Trinajstić information content (AvgIpc) is 2.57. The first kappa shape index (κ1) is 19.2. The summed E-state index contributed by atoms with van der Waals surface area (Å²) in [5, 5.41) is 24.6. The van der Waals surface area contributed by atoms with Crippen LogP contribution in [-0.2, 0) is 4.79 Å². The summed E-state index contributed by atoms with van der Waals surface area (Å²) in [6.45, 7) is 3.36. The van der Waals surface area contributed by atoms with Gasteiger partial charge in [0.1, 0.15) is 11.5 Å². The normalized spacial score (nSPS) is 10.7. The van der Waals surface area contributed by atoms with Crippen molar-refractivity contribution in [3.63, 3.8) is 0 Å². The van der Waals surface area contributed by atoms with Crippen molar-refractivity contribution in [1.29, 1.82) is 0 Å². The molecule has 2 aromatic carbocycles. The van der Waals surface area contributed by atoms with Crippen LogP contribution in [0.5, 0.6) is 11.5 Å². The summed E-state index contributed by atoms with van der Waals surface area (Å²) in [4.78, 5) is 22.1. The Kier molecular flexibility index (Phi) is 6.13. The summed E-state index contributed by atoms with van der Waals surface area (Å²) < 4.78 is 5.38. The highest BCUT2D eigenvalue weighted by Crippen LogP contribution is 2.25. The van der Waals surface area contributed by atoms with Crippen molar-refractivity contribution in [3.05, 3.63) is 62.2 Å². The standard InChI is InChI=1S/C17H16ClN3O5/c1-10-5-14(6-11(2)17(10)18)26-9-16(23)20-19-8-12-7-13(22)3-4-15(12)21(24)25/h3-8,22H,9H2,1-2H3,(H,20,23)/b19-8-. The molecule has 0 fully saturated rings. The minimum absolute atomic E-state index is 0.0557. The fourth-order valence-corrected chi connectivity index (χ4v) is 2.27. The summed E-state index contributed by atoms with van der Waals surface area (Å²) in [5.74, 6) is -0.207. The van der Waals surface area contributed by atoms with E-state index in [4.69, 9.17) is 16.3 Å². The minimum Gasteiger partial charge on any atom is -0.508 e. The van der Waals surface area contributed by atoms with E-state index in [1.54, 1.807) is 12.1 Å². The van der Waals surface area contributed by atoms with Gasteiger partial charge in [-0.1, -0.05) is 11.6 Å². The lowest BCUT2D eigenvalue weighted by molar-refractivity contribution is -0.385. The zero-order chi connectivity index (χ0) is 19.3. The lowest BCUT2D eigenvalue weighted by atomic mass is 10.1. The number of aromatic hydroxyl groups is 1. The quantitative estimate of drug-likeness (QED) is 0.456. The molecule has 2 aromatic rings. The maximum absolute atomic E-state index is 11.8. The number of rotatable bonds is 6. The van der Waals surface area contributed by atoms with Gasteiger partial charge in [0.15, 0.2) is 6.61 Å². The van der Waals surface area contributed by atoms with E-state index in [1.165, 1.54) is 12.1 Å². The number of hydrogen-bond acceptors (Lipinski definition) is 6. The van der Waals surface area contributed by atoms with Crippen molar-refractivity contribution in [3.8, 4) is 11.5 Å². The molecule has 26 heavy (non-hydrogen) atoms. The molecular weight excluding hydrogens is 362 g/mol. The molecule has 0 atom stereocenters. The highest BCUT2D eigenvalue weighted by atomic mass is 35.5. The lowest BCUT2D eigenvalue weighted by Gasteiger charge is -2.09. The van der Waals surface area contributed by atoms with Crippen LogP contribution >= 0.6 is 11.6 Å². The molecule has 0 unspecified atom stereocenters. The molecule has 2 N–H and O–H groups in total.